The summed E-state index contributed by atoms with van der Waals surface area (Å²) in [5.74, 6) is 0.359. The first kappa shape index (κ1) is 12.4. The summed E-state index contributed by atoms with van der Waals surface area (Å²) >= 11 is 0. The number of hydrogen-bond donors (Lipinski definition) is 1. The van der Waals surface area contributed by atoms with E-state index >= 15 is 0 Å². The number of nitrogens with one attached hydrogen (secondary N) is 1. The van der Waals surface area contributed by atoms with Gasteiger partial charge < -0.3 is 10.2 Å². The van der Waals surface area contributed by atoms with E-state index < -0.39 is 0 Å². The topological polar surface area (TPSA) is 35.6 Å². The summed E-state index contributed by atoms with van der Waals surface area (Å²) in [6.07, 6.45) is 5.81. The fourth-order valence-corrected chi connectivity index (χ4v) is 3.48. The van der Waals surface area contributed by atoms with Crippen LogP contribution in [0.3, 0.4) is 0 Å². The molecule has 4 heteroatoms. The van der Waals surface area contributed by atoms with Crippen LogP contribution in [-0.2, 0) is 4.79 Å². The van der Waals surface area contributed by atoms with Crippen LogP contribution in [0.2, 0.25) is 0 Å². The molecule has 2 heterocycles. The summed E-state index contributed by atoms with van der Waals surface area (Å²) in [4.78, 5) is 16.4. The third kappa shape index (κ3) is 2.28. The molecule has 18 heavy (non-hydrogen) atoms. The maximum Gasteiger partial charge on any atom is 0.224 e. The summed E-state index contributed by atoms with van der Waals surface area (Å²) < 4.78 is 0. The van der Waals surface area contributed by atoms with Crippen LogP contribution in [0.15, 0.2) is 0 Å². The number of likely N-dealkylation sites (N-methyl/N-ethyl adjacent to an activating group) is 1. The fraction of sp³-hybridized carbons (Fsp3) is 0.929. The van der Waals surface area contributed by atoms with Crippen molar-refractivity contribution in [3.05, 3.63) is 0 Å². The second-order valence-corrected chi connectivity index (χ2v) is 6.26. The minimum Gasteiger partial charge on any atom is -0.338 e. The zero-order valence-electron chi connectivity index (χ0n) is 11.6. The van der Waals surface area contributed by atoms with Gasteiger partial charge in [0.05, 0.1) is 0 Å². The molecule has 0 aromatic heterocycles. The summed E-state index contributed by atoms with van der Waals surface area (Å²) in [7, 11) is 2.23. The van der Waals surface area contributed by atoms with Crippen LogP contribution < -0.4 is 5.32 Å². The highest BCUT2D eigenvalue weighted by Crippen LogP contribution is 2.29. The van der Waals surface area contributed by atoms with Gasteiger partial charge >= 0.3 is 0 Å². The van der Waals surface area contributed by atoms with E-state index in [2.05, 4.69) is 29.1 Å². The Bertz CT molecular complexity index is 329. The summed E-state index contributed by atoms with van der Waals surface area (Å²) in [5.41, 5.74) is 0. The van der Waals surface area contributed by atoms with Gasteiger partial charge in [-0.3, -0.25) is 9.69 Å². The lowest BCUT2D eigenvalue weighted by Crippen LogP contribution is -2.46. The van der Waals surface area contributed by atoms with E-state index in [1.807, 2.05) is 0 Å². The quantitative estimate of drug-likeness (QED) is 0.786. The molecular formula is C14H25N3O. The third-order valence-corrected chi connectivity index (χ3v) is 4.97. The molecule has 3 aliphatic rings. The summed E-state index contributed by atoms with van der Waals surface area (Å²) in [6, 6.07) is 2.27. The number of rotatable bonds is 5. The van der Waals surface area contributed by atoms with Crippen molar-refractivity contribution in [2.75, 3.05) is 20.1 Å². The smallest absolute Gasteiger partial charge is 0.224 e. The van der Waals surface area contributed by atoms with Crippen molar-refractivity contribution < 1.29 is 4.79 Å². The molecule has 1 N–H and O–H groups in total. The van der Waals surface area contributed by atoms with Gasteiger partial charge in [-0.25, -0.2) is 0 Å². The van der Waals surface area contributed by atoms with Crippen molar-refractivity contribution in [3.8, 4) is 0 Å². The Kier molecular flexibility index (Phi) is 3.32. The Hall–Kier alpha value is -0.610. The zero-order chi connectivity index (χ0) is 12.7. The summed E-state index contributed by atoms with van der Waals surface area (Å²) in [5, 5.41) is 3.64. The molecule has 1 amide bonds. The number of fused-ring (bicyclic) bond motifs is 1. The molecule has 1 saturated carbocycles. The molecule has 0 aromatic rings. The maximum atomic E-state index is 11.8. The number of carbonyl (C=O) groups excluding carboxylic acids is 1. The maximum absolute atomic E-state index is 11.8. The highest BCUT2D eigenvalue weighted by molar-refractivity contribution is 5.80. The molecule has 3 fully saturated rings. The van der Waals surface area contributed by atoms with Gasteiger partial charge in [0.15, 0.2) is 0 Å². The monoisotopic (exact) mass is 251 g/mol. The number of amides is 1. The molecule has 0 aromatic carbocycles. The van der Waals surface area contributed by atoms with Crippen molar-refractivity contribution in [3.63, 3.8) is 0 Å². The van der Waals surface area contributed by atoms with Crippen LogP contribution in [-0.4, -0.2) is 60.0 Å². The van der Waals surface area contributed by atoms with Crippen LogP contribution in [0.25, 0.3) is 0 Å². The average molecular weight is 251 g/mol. The molecule has 2 aliphatic heterocycles. The Balaban J connectivity index is 1.49. The van der Waals surface area contributed by atoms with Gasteiger partial charge in [-0.05, 0) is 39.7 Å². The van der Waals surface area contributed by atoms with Gasteiger partial charge in [0.2, 0.25) is 5.91 Å². The second-order valence-electron chi connectivity index (χ2n) is 6.26. The number of carbonyl (C=O) groups is 1. The predicted octanol–water partition coefficient (Wildman–Crippen LogP) is 0.822. The molecule has 0 spiro atoms. The first-order chi connectivity index (χ1) is 8.66. The van der Waals surface area contributed by atoms with Crippen molar-refractivity contribution in [1.29, 1.82) is 0 Å². The van der Waals surface area contributed by atoms with E-state index in [-0.39, 0.29) is 0 Å². The first-order valence-corrected chi connectivity index (χ1v) is 7.41. The van der Waals surface area contributed by atoms with Crippen LogP contribution >= 0.6 is 0 Å². The molecular weight excluding hydrogens is 226 g/mol. The van der Waals surface area contributed by atoms with Crippen LogP contribution in [0.4, 0.5) is 0 Å². The SMILES string of the molecule is CC(CNC1CC(=O)N2CCCC12)N(C)C1CC1. The lowest BCUT2D eigenvalue weighted by atomic mass is 10.1. The molecule has 102 valence electrons. The Morgan fingerprint density at radius 1 is 1.44 bits per heavy atom. The molecule has 1 aliphatic carbocycles. The minimum absolute atomic E-state index is 0.359. The molecule has 0 bridgehead atoms. The zero-order valence-corrected chi connectivity index (χ0v) is 11.6. The number of nitrogens with zero attached hydrogens (tertiary/aromatic N) is 2. The van der Waals surface area contributed by atoms with E-state index in [1.165, 1.54) is 25.7 Å². The molecule has 2 saturated heterocycles. The molecule has 4 nitrogen and oxygen atoms in total. The van der Waals surface area contributed by atoms with Crippen LogP contribution in [0, 0.1) is 0 Å². The van der Waals surface area contributed by atoms with Gasteiger partial charge in [-0.2, -0.15) is 0 Å². The van der Waals surface area contributed by atoms with Crippen molar-refractivity contribution in [1.82, 2.24) is 15.1 Å². The van der Waals surface area contributed by atoms with Gasteiger partial charge in [0, 0.05) is 43.7 Å². The number of hydrogen-bond acceptors (Lipinski definition) is 3. The van der Waals surface area contributed by atoms with Crippen molar-refractivity contribution in [2.24, 2.45) is 0 Å². The lowest BCUT2D eigenvalue weighted by Gasteiger charge is -2.28. The highest BCUT2D eigenvalue weighted by Gasteiger charge is 2.42. The van der Waals surface area contributed by atoms with Crippen molar-refractivity contribution in [2.45, 2.75) is 63.2 Å². The van der Waals surface area contributed by atoms with Gasteiger partial charge in [0.1, 0.15) is 0 Å². The normalized spacial score (nSPS) is 33.3. The highest BCUT2D eigenvalue weighted by atomic mass is 16.2. The van der Waals surface area contributed by atoms with Crippen LogP contribution in [0.5, 0.6) is 0 Å². The van der Waals surface area contributed by atoms with Crippen LogP contribution in [0.1, 0.15) is 39.0 Å². The lowest BCUT2D eigenvalue weighted by molar-refractivity contribution is -0.127. The van der Waals surface area contributed by atoms with Gasteiger partial charge in [-0.1, -0.05) is 0 Å². The Morgan fingerprint density at radius 3 is 2.94 bits per heavy atom. The Morgan fingerprint density at radius 2 is 2.22 bits per heavy atom. The Labute approximate surface area is 110 Å². The molecule has 3 rings (SSSR count). The van der Waals surface area contributed by atoms with E-state index in [9.17, 15) is 4.79 Å². The van der Waals surface area contributed by atoms with Gasteiger partial charge in [-0.15, -0.1) is 0 Å². The second kappa shape index (κ2) is 4.82. The molecule has 0 radical (unpaired) electrons. The third-order valence-electron chi connectivity index (χ3n) is 4.97. The van der Waals surface area contributed by atoms with E-state index in [0.29, 0.717) is 30.5 Å². The first-order valence-electron chi connectivity index (χ1n) is 7.41. The summed E-state index contributed by atoms with van der Waals surface area (Å²) in [6.45, 7) is 4.28. The van der Waals surface area contributed by atoms with E-state index in [4.69, 9.17) is 0 Å². The van der Waals surface area contributed by atoms with E-state index in [1.54, 1.807) is 0 Å². The molecule has 3 atom stereocenters. The van der Waals surface area contributed by atoms with Gasteiger partial charge in [0.25, 0.3) is 0 Å². The molecule has 3 unspecified atom stereocenters. The largest absolute Gasteiger partial charge is 0.338 e. The van der Waals surface area contributed by atoms with Crippen molar-refractivity contribution >= 4 is 5.91 Å². The standard InChI is InChI=1S/C14H25N3O/c1-10(16(2)11-5-6-11)9-15-12-8-14(18)17-7-3-4-13(12)17/h10-13,15H,3-9H2,1-2H3. The van der Waals surface area contributed by atoms with E-state index in [0.717, 1.165) is 19.1 Å². The minimum atomic E-state index is 0.359. The average Bonchev–Trinajstić information content (AvgIpc) is 3.01. The predicted molar refractivity (Wildman–Crippen MR) is 71.4 cm³/mol. The fourth-order valence-electron chi connectivity index (χ4n) is 3.48.